The lowest BCUT2D eigenvalue weighted by molar-refractivity contribution is -0.0855. The summed E-state index contributed by atoms with van der Waals surface area (Å²) in [5.41, 5.74) is 2.76. The van der Waals surface area contributed by atoms with Crippen LogP contribution >= 0.6 is 11.3 Å². The van der Waals surface area contributed by atoms with E-state index in [-0.39, 0.29) is 12.0 Å². The van der Waals surface area contributed by atoms with E-state index < -0.39 is 0 Å². The largest absolute Gasteiger partial charge is 0.376 e. The number of nitrogens with zero attached hydrogens (tertiary/aromatic N) is 3. The van der Waals surface area contributed by atoms with E-state index in [0.717, 1.165) is 27.2 Å². The van der Waals surface area contributed by atoms with Crippen molar-refractivity contribution in [3.63, 3.8) is 0 Å². The van der Waals surface area contributed by atoms with Crippen LogP contribution in [0.2, 0.25) is 0 Å². The minimum atomic E-state index is -0.133. The van der Waals surface area contributed by atoms with Gasteiger partial charge in [0, 0.05) is 12.2 Å². The minimum absolute atomic E-state index is 0.110. The van der Waals surface area contributed by atoms with Crippen molar-refractivity contribution in [1.29, 1.82) is 0 Å². The molecule has 152 valence electrons. The second-order valence-electron chi connectivity index (χ2n) is 6.86. The van der Waals surface area contributed by atoms with E-state index in [1.54, 1.807) is 0 Å². The Morgan fingerprint density at radius 2 is 2.17 bits per heavy atom. The van der Waals surface area contributed by atoms with Gasteiger partial charge >= 0.3 is 0 Å². The lowest BCUT2D eigenvalue weighted by Gasteiger charge is -2.22. The molecule has 4 rings (SSSR count). The van der Waals surface area contributed by atoms with Crippen molar-refractivity contribution < 1.29 is 14.3 Å². The number of rotatable bonds is 6. The van der Waals surface area contributed by atoms with Crippen molar-refractivity contribution in [2.45, 2.75) is 26.5 Å². The van der Waals surface area contributed by atoms with Crippen molar-refractivity contribution in [2.75, 3.05) is 31.7 Å². The maximum absolute atomic E-state index is 12.7. The first kappa shape index (κ1) is 19.7. The highest BCUT2D eigenvalue weighted by molar-refractivity contribution is 7.20. The van der Waals surface area contributed by atoms with Gasteiger partial charge in [0.1, 0.15) is 17.0 Å². The molecule has 0 spiro atoms. The van der Waals surface area contributed by atoms with E-state index in [0.29, 0.717) is 43.6 Å². The quantitative estimate of drug-likeness (QED) is 0.640. The number of aromatic nitrogens is 3. The summed E-state index contributed by atoms with van der Waals surface area (Å²) in [5, 5.41) is 7.14. The molecule has 9 heteroatoms. The number of carbonyl (C=O) groups excluding carboxylic acids is 1. The maximum atomic E-state index is 12.7. The number of anilines is 1. The SMILES string of the molecule is Cc1cccc(CNc2ncnc3sc(C(=O)NC[C@@H]4COCCO4)c(C)c23)n1. The molecule has 0 saturated carbocycles. The number of amides is 1. The first-order valence-corrected chi connectivity index (χ1v) is 10.3. The Morgan fingerprint density at radius 3 is 2.97 bits per heavy atom. The minimum Gasteiger partial charge on any atom is -0.376 e. The Hall–Kier alpha value is -2.62. The van der Waals surface area contributed by atoms with Gasteiger partial charge in [-0.2, -0.15) is 0 Å². The topological polar surface area (TPSA) is 98.3 Å². The molecule has 0 aromatic carbocycles. The molecule has 0 unspecified atom stereocenters. The number of nitrogens with one attached hydrogen (secondary N) is 2. The van der Waals surface area contributed by atoms with Gasteiger partial charge in [0.25, 0.3) is 5.91 Å². The standard InChI is InChI=1S/C20H23N5O3S/c1-12-4-3-5-14(25-12)8-21-18-16-13(2)17(29-20(16)24-11-23-18)19(26)22-9-15-10-27-6-7-28-15/h3-5,11,15H,6-10H2,1-2H3,(H,22,26)(H,21,23,24)/t15-/m1/s1. The van der Waals surface area contributed by atoms with Crippen molar-refractivity contribution in [3.05, 3.63) is 46.4 Å². The Balaban J connectivity index is 1.50. The number of carbonyl (C=O) groups is 1. The smallest absolute Gasteiger partial charge is 0.261 e. The van der Waals surface area contributed by atoms with E-state index in [2.05, 4.69) is 25.6 Å². The summed E-state index contributed by atoms with van der Waals surface area (Å²) in [6.45, 7) is 6.51. The van der Waals surface area contributed by atoms with Crippen LogP contribution in [0.4, 0.5) is 5.82 Å². The summed E-state index contributed by atoms with van der Waals surface area (Å²) in [4.78, 5) is 27.4. The fourth-order valence-electron chi connectivity index (χ4n) is 3.24. The lowest BCUT2D eigenvalue weighted by Crippen LogP contribution is -2.39. The van der Waals surface area contributed by atoms with Crippen LogP contribution in [0.5, 0.6) is 0 Å². The number of pyridine rings is 1. The van der Waals surface area contributed by atoms with Crippen molar-refractivity contribution in [2.24, 2.45) is 0 Å². The molecular formula is C20H23N5O3S. The summed E-state index contributed by atoms with van der Waals surface area (Å²) in [6.07, 6.45) is 1.40. The summed E-state index contributed by atoms with van der Waals surface area (Å²) < 4.78 is 11.0. The Labute approximate surface area is 172 Å². The van der Waals surface area contributed by atoms with Crippen LogP contribution in [0.3, 0.4) is 0 Å². The summed E-state index contributed by atoms with van der Waals surface area (Å²) in [6, 6.07) is 5.91. The van der Waals surface area contributed by atoms with Crippen molar-refractivity contribution in [1.82, 2.24) is 20.3 Å². The molecule has 0 bridgehead atoms. The van der Waals surface area contributed by atoms with E-state index in [4.69, 9.17) is 9.47 Å². The van der Waals surface area contributed by atoms with Gasteiger partial charge in [0.05, 0.1) is 48.4 Å². The second-order valence-corrected chi connectivity index (χ2v) is 7.86. The monoisotopic (exact) mass is 413 g/mol. The van der Waals surface area contributed by atoms with Crippen LogP contribution < -0.4 is 10.6 Å². The number of thiophene rings is 1. The molecule has 0 aliphatic carbocycles. The number of ether oxygens (including phenoxy) is 2. The first-order chi connectivity index (χ1) is 14.1. The third-order valence-corrected chi connectivity index (χ3v) is 5.89. The van der Waals surface area contributed by atoms with E-state index in [9.17, 15) is 4.79 Å². The fourth-order valence-corrected chi connectivity index (χ4v) is 4.30. The van der Waals surface area contributed by atoms with Crippen LogP contribution in [0, 0.1) is 13.8 Å². The molecule has 0 radical (unpaired) electrons. The van der Waals surface area contributed by atoms with Gasteiger partial charge in [-0.3, -0.25) is 9.78 Å². The molecule has 4 heterocycles. The second kappa shape index (κ2) is 8.81. The zero-order chi connectivity index (χ0) is 20.2. The van der Waals surface area contributed by atoms with Crippen LogP contribution in [-0.2, 0) is 16.0 Å². The van der Waals surface area contributed by atoms with Gasteiger partial charge in [0.2, 0.25) is 0 Å². The van der Waals surface area contributed by atoms with E-state index >= 15 is 0 Å². The molecule has 1 aliphatic heterocycles. The van der Waals surface area contributed by atoms with Crippen molar-refractivity contribution in [3.8, 4) is 0 Å². The highest BCUT2D eigenvalue weighted by atomic mass is 32.1. The molecular weight excluding hydrogens is 390 g/mol. The molecule has 2 N–H and O–H groups in total. The van der Waals surface area contributed by atoms with Crippen LogP contribution in [0.1, 0.15) is 26.6 Å². The summed E-state index contributed by atoms with van der Waals surface area (Å²) >= 11 is 1.37. The van der Waals surface area contributed by atoms with E-state index in [1.807, 2.05) is 32.0 Å². The fraction of sp³-hybridized carbons (Fsp3) is 0.400. The summed E-state index contributed by atoms with van der Waals surface area (Å²) in [7, 11) is 0. The Morgan fingerprint density at radius 1 is 1.28 bits per heavy atom. The molecule has 3 aromatic heterocycles. The molecule has 1 atom stereocenters. The van der Waals surface area contributed by atoms with Gasteiger partial charge in [-0.15, -0.1) is 11.3 Å². The number of fused-ring (bicyclic) bond motifs is 1. The molecule has 1 fully saturated rings. The lowest BCUT2D eigenvalue weighted by atomic mass is 10.2. The van der Waals surface area contributed by atoms with Crippen molar-refractivity contribution >= 4 is 33.3 Å². The molecule has 1 saturated heterocycles. The maximum Gasteiger partial charge on any atom is 0.261 e. The Bertz CT molecular complexity index is 1020. The van der Waals surface area contributed by atoms with Gasteiger partial charge in [-0.25, -0.2) is 9.97 Å². The van der Waals surface area contributed by atoms with Crippen LogP contribution in [-0.4, -0.2) is 53.3 Å². The van der Waals surface area contributed by atoms with Gasteiger partial charge < -0.3 is 20.1 Å². The third-order valence-electron chi connectivity index (χ3n) is 4.69. The van der Waals surface area contributed by atoms with Gasteiger partial charge in [-0.1, -0.05) is 6.07 Å². The Kier molecular flexibility index (Phi) is 5.98. The average Bonchev–Trinajstić information content (AvgIpc) is 3.09. The molecule has 1 amide bonds. The zero-order valence-electron chi connectivity index (χ0n) is 16.4. The normalized spacial score (nSPS) is 16.7. The molecule has 29 heavy (non-hydrogen) atoms. The number of hydrogen-bond acceptors (Lipinski definition) is 8. The van der Waals surface area contributed by atoms with Crippen LogP contribution in [0.25, 0.3) is 10.2 Å². The number of aryl methyl sites for hydroxylation is 2. The number of hydrogen-bond donors (Lipinski definition) is 2. The van der Waals surface area contributed by atoms with Gasteiger partial charge in [-0.05, 0) is 31.5 Å². The molecule has 8 nitrogen and oxygen atoms in total. The van der Waals surface area contributed by atoms with Crippen LogP contribution in [0.15, 0.2) is 24.5 Å². The highest BCUT2D eigenvalue weighted by Gasteiger charge is 2.21. The third kappa shape index (κ3) is 4.52. The predicted octanol–water partition coefficient (Wildman–Crippen LogP) is 2.46. The van der Waals surface area contributed by atoms with Gasteiger partial charge in [0.15, 0.2) is 0 Å². The highest BCUT2D eigenvalue weighted by Crippen LogP contribution is 2.33. The average molecular weight is 414 g/mol. The van der Waals surface area contributed by atoms with E-state index in [1.165, 1.54) is 17.7 Å². The molecule has 1 aliphatic rings. The first-order valence-electron chi connectivity index (χ1n) is 9.50. The summed E-state index contributed by atoms with van der Waals surface area (Å²) in [5.74, 6) is 0.570. The molecule has 3 aromatic rings. The predicted molar refractivity (Wildman–Crippen MR) is 111 cm³/mol. The zero-order valence-corrected chi connectivity index (χ0v) is 17.2.